The van der Waals surface area contributed by atoms with Crippen molar-refractivity contribution in [1.29, 1.82) is 0 Å². The van der Waals surface area contributed by atoms with Crippen molar-refractivity contribution < 1.29 is 58.0 Å². The molecule has 0 saturated carbocycles. The molecule has 1 unspecified atom stereocenters. The van der Waals surface area contributed by atoms with Crippen LogP contribution in [0.15, 0.2) is 97.1 Å². The SMILES string of the molecule is Cc1cc(-c2cc3ccccc3c3c2OP(=O)(O)Oc2c(-c4cc(C(F)(F)F)cc(C(F)(F)F)c4)cc4ccccc4c2-3)cc(C(F)(F)F)c1. The van der Waals surface area contributed by atoms with E-state index in [0.29, 0.717) is 33.7 Å². The summed E-state index contributed by atoms with van der Waals surface area (Å²) in [6, 6.07) is 19.5. The van der Waals surface area contributed by atoms with Crippen LogP contribution in [-0.4, -0.2) is 4.89 Å². The molecule has 4 nitrogen and oxygen atoms in total. The third kappa shape index (κ3) is 5.94. The van der Waals surface area contributed by atoms with Gasteiger partial charge in [-0.05, 0) is 87.6 Å². The van der Waals surface area contributed by atoms with Gasteiger partial charge in [0.15, 0.2) is 0 Å². The lowest BCUT2D eigenvalue weighted by Gasteiger charge is -2.20. The molecular weight excluding hydrogens is 698 g/mol. The van der Waals surface area contributed by atoms with E-state index in [-0.39, 0.29) is 39.6 Å². The Hall–Kier alpha value is -5.00. The summed E-state index contributed by atoms with van der Waals surface area (Å²) in [4.78, 5) is 11.1. The number of hydrogen-bond acceptors (Lipinski definition) is 3. The van der Waals surface area contributed by atoms with Crippen LogP contribution in [0, 0.1) is 6.92 Å². The Balaban J connectivity index is 1.67. The first-order chi connectivity index (χ1) is 23.3. The molecule has 1 aliphatic rings. The number of alkyl halides is 9. The highest BCUT2D eigenvalue weighted by atomic mass is 31.2. The van der Waals surface area contributed by atoms with Gasteiger partial charge in [-0.2, -0.15) is 39.5 Å². The lowest BCUT2D eigenvalue weighted by Crippen LogP contribution is -2.11. The standard InChI is InChI=1S/C36H20F9O4P/c1-18-10-21(12-23(11-18)34(37,38)39)28-15-19-6-2-4-8-26(19)30-31-27-9-5-3-7-20(27)16-29(33(31)49-50(46,47)48-32(28)30)22-13-24(35(40,41)42)17-25(14-22)36(43,44)45/h2-17H,1H3,(H,46,47). The number of halogens is 9. The zero-order valence-corrected chi connectivity index (χ0v) is 26.2. The molecule has 6 aromatic rings. The molecule has 0 fully saturated rings. The normalized spacial score (nSPS) is 16.4. The Kier molecular flexibility index (Phi) is 7.54. The topological polar surface area (TPSA) is 55.8 Å². The first-order valence-corrected chi connectivity index (χ1v) is 16.1. The Labute approximate surface area is 276 Å². The van der Waals surface area contributed by atoms with E-state index in [1.165, 1.54) is 31.2 Å². The minimum atomic E-state index is -5.36. The van der Waals surface area contributed by atoms with Gasteiger partial charge in [-0.1, -0.05) is 54.6 Å². The highest BCUT2D eigenvalue weighted by Gasteiger charge is 2.41. The fourth-order valence-electron chi connectivity index (χ4n) is 6.23. The number of phosphoric acid groups is 1. The first-order valence-electron chi connectivity index (χ1n) is 14.6. The summed E-state index contributed by atoms with van der Waals surface area (Å²) in [6.07, 6.45) is -15.2. The summed E-state index contributed by atoms with van der Waals surface area (Å²) in [5, 5.41) is 1.35. The van der Waals surface area contributed by atoms with Gasteiger partial charge in [-0.3, -0.25) is 4.89 Å². The Morgan fingerprint density at radius 1 is 0.540 bits per heavy atom. The molecule has 0 saturated heterocycles. The Bertz CT molecular complexity index is 2380. The largest absolute Gasteiger partial charge is 0.584 e. The fourth-order valence-corrected chi connectivity index (χ4v) is 7.11. The quantitative estimate of drug-likeness (QED) is 0.143. The van der Waals surface area contributed by atoms with Gasteiger partial charge in [-0.15, -0.1) is 0 Å². The van der Waals surface area contributed by atoms with Crippen LogP contribution in [0.4, 0.5) is 39.5 Å². The summed E-state index contributed by atoms with van der Waals surface area (Å²) in [5.74, 6) is -0.947. The number of rotatable bonds is 2. The molecule has 1 heterocycles. The molecule has 0 aliphatic carbocycles. The molecule has 0 radical (unpaired) electrons. The molecular formula is C36H20F9O4P. The van der Waals surface area contributed by atoms with Crippen molar-refractivity contribution in [1.82, 2.24) is 0 Å². The highest BCUT2D eigenvalue weighted by molar-refractivity contribution is 7.48. The molecule has 1 atom stereocenters. The molecule has 1 N–H and O–H groups in total. The van der Waals surface area contributed by atoms with Gasteiger partial charge in [0, 0.05) is 22.3 Å². The van der Waals surface area contributed by atoms with E-state index in [0.717, 1.165) is 12.1 Å². The van der Waals surface area contributed by atoms with E-state index >= 15 is 0 Å². The first kappa shape index (κ1) is 33.5. The fraction of sp³-hybridized carbons (Fsp3) is 0.111. The van der Waals surface area contributed by atoms with E-state index in [2.05, 4.69) is 0 Å². The van der Waals surface area contributed by atoms with E-state index in [9.17, 15) is 49.0 Å². The molecule has 0 aromatic heterocycles. The van der Waals surface area contributed by atoms with Gasteiger partial charge >= 0.3 is 26.4 Å². The second kappa shape index (κ2) is 11.3. The maximum Gasteiger partial charge on any atom is 0.584 e. The van der Waals surface area contributed by atoms with Crippen molar-refractivity contribution in [2.24, 2.45) is 0 Å². The van der Waals surface area contributed by atoms with Gasteiger partial charge < -0.3 is 9.05 Å². The van der Waals surface area contributed by atoms with Crippen LogP contribution in [0.2, 0.25) is 0 Å². The predicted octanol–water partition coefficient (Wildman–Crippen LogP) is 12.2. The van der Waals surface area contributed by atoms with Crippen LogP contribution in [0.25, 0.3) is 54.9 Å². The minimum absolute atomic E-state index is 0.0241. The third-order valence-corrected chi connectivity index (χ3v) is 9.11. The average molecular weight is 719 g/mol. The second-order valence-electron chi connectivity index (χ2n) is 11.7. The lowest BCUT2D eigenvalue weighted by atomic mass is 9.85. The van der Waals surface area contributed by atoms with E-state index in [1.54, 1.807) is 42.5 Å². The van der Waals surface area contributed by atoms with Crippen LogP contribution < -0.4 is 9.05 Å². The third-order valence-electron chi connectivity index (χ3n) is 8.28. The average Bonchev–Trinajstić information content (AvgIpc) is 3.15. The van der Waals surface area contributed by atoms with Crippen LogP contribution in [0.1, 0.15) is 22.3 Å². The van der Waals surface area contributed by atoms with Gasteiger partial charge in [0.25, 0.3) is 0 Å². The molecule has 0 amide bonds. The zero-order valence-electron chi connectivity index (χ0n) is 25.3. The summed E-state index contributed by atoms with van der Waals surface area (Å²) in [5.41, 5.74) is -5.21. The maximum absolute atomic E-state index is 14.0. The molecule has 1 aliphatic heterocycles. The van der Waals surface area contributed by atoms with Crippen molar-refractivity contribution in [2.45, 2.75) is 25.5 Å². The van der Waals surface area contributed by atoms with E-state index in [1.807, 2.05) is 0 Å². The van der Waals surface area contributed by atoms with Gasteiger partial charge in [0.2, 0.25) is 0 Å². The van der Waals surface area contributed by atoms with Gasteiger partial charge in [0.1, 0.15) is 11.5 Å². The second-order valence-corrected chi connectivity index (χ2v) is 13.0. The monoisotopic (exact) mass is 718 g/mol. The van der Waals surface area contributed by atoms with E-state index in [4.69, 9.17) is 9.05 Å². The van der Waals surface area contributed by atoms with Gasteiger partial charge in [0.05, 0.1) is 16.7 Å². The molecule has 6 aromatic carbocycles. The van der Waals surface area contributed by atoms with Gasteiger partial charge in [-0.25, -0.2) is 4.57 Å². The number of fused-ring (bicyclic) bond motifs is 7. The highest BCUT2D eigenvalue weighted by Crippen LogP contribution is 2.62. The Morgan fingerprint density at radius 3 is 1.34 bits per heavy atom. The van der Waals surface area contributed by atoms with Crippen LogP contribution in [-0.2, 0) is 23.1 Å². The summed E-state index contributed by atoms with van der Waals surface area (Å²) in [6.45, 7) is 1.43. The van der Waals surface area contributed by atoms with Crippen molar-refractivity contribution in [3.8, 4) is 44.9 Å². The molecule has 0 bridgehead atoms. The van der Waals surface area contributed by atoms with Crippen molar-refractivity contribution >= 4 is 29.4 Å². The van der Waals surface area contributed by atoms with Crippen LogP contribution in [0.5, 0.6) is 11.5 Å². The van der Waals surface area contributed by atoms with Crippen LogP contribution in [0.3, 0.4) is 0 Å². The number of benzene rings is 6. The lowest BCUT2D eigenvalue weighted by molar-refractivity contribution is -0.143. The van der Waals surface area contributed by atoms with Crippen molar-refractivity contribution in [3.05, 3.63) is 119 Å². The maximum atomic E-state index is 14.0. The zero-order chi connectivity index (χ0) is 36.0. The molecule has 50 heavy (non-hydrogen) atoms. The number of hydrogen-bond donors (Lipinski definition) is 1. The summed E-state index contributed by atoms with van der Waals surface area (Å²) >= 11 is 0. The Morgan fingerprint density at radius 2 is 0.920 bits per heavy atom. The number of aryl methyl sites for hydroxylation is 1. The van der Waals surface area contributed by atoms with Crippen molar-refractivity contribution in [3.63, 3.8) is 0 Å². The summed E-state index contributed by atoms with van der Waals surface area (Å²) in [7, 11) is -5.36. The molecule has 14 heteroatoms. The molecule has 0 spiro atoms. The minimum Gasteiger partial charge on any atom is -0.394 e. The number of phosphoric ester groups is 1. The molecule has 7 rings (SSSR count). The van der Waals surface area contributed by atoms with E-state index < -0.39 is 59.9 Å². The smallest absolute Gasteiger partial charge is 0.394 e. The van der Waals surface area contributed by atoms with Crippen molar-refractivity contribution in [2.75, 3.05) is 0 Å². The predicted molar refractivity (Wildman–Crippen MR) is 169 cm³/mol. The summed E-state index contributed by atoms with van der Waals surface area (Å²) < 4.78 is 151. The molecule has 256 valence electrons. The van der Waals surface area contributed by atoms with Crippen LogP contribution >= 0.6 is 7.82 Å².